The number of anilines is 1. The number of ether oxygens (including phenoxy) is 1. The Kier molecular flexibility index (Phi) is 5.55. The molecule has 1 heterocycles. The van der Waals surface area contributed by atoms with Crippen molar-refractivity contribution in [3.05, 3.63) is 53.1 Å². The summed E-state index contributed by atoms with van der Waals surface area (Å²) in [4.78, 5) is 14.4. The zero-order chi connectivity index (χ0) is 20.6. The Morgan fingerprint density at radius 2 is 1.76 bits per heavy atom. The Balaban J connectivity index is 1.56. The number of primary sulfonamides is 1. The normalized spacial score (nSPS) is 20.4. The lowest BCUT2D eigenvalue weighted by atomic mass is 9.97. The number of carbonyl (C=O) groups excluding carboxylic acids is 1. The van der Waals surface area contributed by atoms with Crippen LogP contribution in [0.3, 0.4) is 0 Å². The molecule has 4 rings (SSSR count). The van der Waals surface area contributed by atoms with Crippen LogP contribution in [-0.2, 0) is 14.8 Å². The van der Waals surface area contributed by atoms with Gasteiger partial charge < -0.3 is 9.64 Å². The van der Waals surface area contributed by atoms with E-state index in [9.17, 15) is 13.2 Å². The molecule has 6 nitrogen and oxygen atoms in total. The third-order valence-corrected chi connectivity index (χ3v) is 6.78. The van der Waals surface area contributed by atoms with Crippen LogP contribution < -0.4 is 14.8 Å². The van der Waals surface area contributed by atoms with E-state index in [4.69, 9.17) is 21.5 Å². The highest BCUT2D eigenvalue weighted by molar-refractivity contribution is 7.89. The van der Waals surface area contributed by atoms with Crippen LogP contribution in [0, 0.1) is 0 Å². The second-order valence-corrected chi connectivity index (χ2v) is 9.65. The smallest absolute Gasteiger partial charge is 0.238 e. The van der Waals surface area contributed by atoms with Crippen LogP contribution in [0.25, 0.3) is 0 Å². The van der Waals surface area contributed by atoms with E-state index < -0.39 is 10.0 Å². The predicted molar refractivity (Wildman–Crippen MR) is 112 cm³/mol. The number of nitrogens with zero attached hydrogens (tertiary/aromatic N) is 1. The van der Waals surface area contributed by atoms with Gasteiger partial charge in [0.1, 0.15) is 5.75 Å². The lowest BCUT2D eigenvalue weighted by Gasteiger charge is -2.21. The van der Waals surface area contributed by atoms with Crippen LogP contribution in [0.15, 0.2) is 47.4 Å². The summed E-state index contributed by atoms with van der Waals surface area (Å²) < 4.78 is 29.1. The van der Waals surface area contributed by atoms with E-state index >= 15 is 0 Å². The summed E-state index contributed by atoms with van der Waals surface area (Å²) in [7, 11) is -3.76. The minimum atomic E-state index is -3.76. The van der Waals surface area contributed by atoms with Gasteiger partial charge in [0.25, 0.3) is 0 Å². The number of sulfonamides is 1. The third kappa shape index (κ3) is 4.42. The molecule has 0 unspecified atom stereocenters. The number of halogens is 1. The van der Waals surface area contributed by atoms with E-state index in [-0.39, 0.29) is 22.8 Å². The van der Waals surface area contributed by atoms with Crippen LogP contribution in [0.1, 0.15) is 43.6 Å². The van der Waals surface area contributed by atoms with Crippen molar-refractivity contribution in [3.63, 3.8) is 0 Å². The molecular weight excluding hydrogens is 412 g/mol. The predicted octanol–water partition coefficient (Wildman–Crippen LogP) is 3.83. The molecule has 154 valence electrons. The van der Waals surface area contributed by atoms with Gasteiger partial charge in [-0.25, -0.2) is 13.6 Å². The summed E-state index contributed by atoms with van der Waals surface area (Å²) in [5.41, 5.74) is 1.63. The fourth-order valence-corrected chi connectivity index (χ4v) is 4.79. The Labute approximate surface area is 175 Å². The van der Waals surface area contributed by atoms with Crippen LogP contribution in [-0.4, -0.2) is 27.0 Å². The Morgan fingerprint density at radius 1 is 1.07 bits per heavy atom. The molecule has 0 aromatic heterocycles. The van der Waals surface area contributed by atoms with E-state index in [1.807, 2.05) is 18.2 Å². The van der Waals surface area contributed by atoms with Crippen molar-refractivity contribution in [2.24, 2.45) is 5.14 Å². The number of carbonyl (C=O) groups is 1. The maximum Gasteiger partial charge on any atom is 0.238 e. The van der Waals surface area contributed by atoms with Crippen molar-refractivity contribution in [1.29, 1.82) is 0 Å². The quantitative estimate of drug-likeness (QED) is 0.774. The maximum absolute atomic E-state index is 12.7. The molecule has 2 aromatic rings. The first kappa shape index (κ1) is 20.2. The van der Waals surface area contributed by atoms with Gasteiger partial charge in [0.05, 0.1) is 11.0 Å². The molecule has 1 aliphatic heterocycles. The monoisotopic (exact) mass is 434 g/mol. The van der Waals surface area contributed by atoms with Crippen LogP contribution in [0.5, 0.6) is 5.75 Å². The molecule has 1 aliphatic carbocycles. The largest absolute Gasteiger partial charge is 0.490 e. The molecule has 1 saturated carbocycles. The number of amides is 1. The number of rotatable bonds is 5. The van der Waals surface area contributed by atoms with E-state index in [1.165, 1.54) is 25.0 Å². The molecule has 0 spiro atoms. The summed E-state index contributed by atoms with van der Waals surface area (Å²) in [6.07, 6.45) is 4.98. The fraction of sp³-hybridized carbons (Fsp3) is 0.381. The second-order valence-electron chi connectivity index (χ2n) is 7.65. The van der Waals surface area contributed by atoms with Crippen molar-refractivity contribution in [3.8, 4) is 5.75 Å². The summed E-state index contributed by atoms with van der Waals surface area (Å²) >= 11 is 6.20. The van der Waals surface area contributed by atoms with Crippen LogP contribution in [0.2, 0.25) is 5.02 Å². The third-order valence-electron chi connectivity index (χ3n) is 5.61. The molecule has 1 amide bonds. The van der Waals surface area contributed by atoms with Gasteiger partial charge in [0.2, 0.25) is 15.9 Å². The molecule has 0 bridgehead atoms. The van der Waals surface area contributed by atoms with Gasteiger partial charge in [-0.2, -0.15) is 0 Å². The number of hydrogen-bond donors (Lipinski definition) is 1. The SMILES string of the molecule is NS(=O)(=O)c1ccc(N2C[C@@H](c3ccc(Cl)cc3OC3CCCC3)CC2=O)cc1. The zero-order valence-electron chi connectivity index (χ0n) is 15.9. The van der Waals surface area contributed by atoms with Gasteiger partial charge in [-0.05, 0) is 67.6 Å². The molecule has 2 aliphatic rings. The van der Waals surface area contributed by atoms with Crippen molar-refractivity contribution in [2.75, 3.05) is 11.4 Å². The number of nitrogens with two attached hydrogens (primary N) is 1. The summed E-state index contributed by atoms with van der Waals surface area (Å²) in [5, 5.41) is 5.76. The first-order chi connectivity index (χ1) is 13.8. The summed E-state index contributed by atoms with van der Waals surface area (Å²) in [5.74, 6) is 0.725. The highest BCUT2D eigenvalue weighted by Crippen LogP contribution is 2.39. The van der Waals surface area contributed by atoms with Gasteiger partial charge in [-0.3, -0.25) is 4.79 Å². The van der Waals surface area contributed by atoms with Gasteiger partial charge in [-0.1, -0.05) is 17.7 Å². The van der Waals surface area contributed by atoms with Crippen LogP contribution >= 0.6 is 11.6 Å². The van der Waals surface area contributed by atoms with Gasteiger partial charge in [0, 0.05) is 29.6 Å². The average molecular weight is 435 g/mol. The van der Waals surface area contributed by atoms with E-state index in [0.717, 1.165) is 24.2 Å². The highest BCUT2D eigenvalue weighted by atomic mass is 35.5. The standard InChI is InChI=1S/C21H23ClN2O4S/c22-15-5-10-19(20(12-15)28-17-3-1-2-4-17)14-11-21(25)24(13-14)16-6-8-18(9-7-16)29(23,26)27/h5-10,12,14,17H,1-4,11,13H2,(H2,23,26,27)/t14-/m0/s1. The molecule has 1 saturated heterocycles. The molecule has 8 heteroatoms. The first-order valence-corrected chi connectivity index (χ1v) is 11.6. The molecule has 2 aromatic carbocycles. The molecule has 2 N–H and O–H groups in total. The molecule has 1 atom stereocenters. The van der Waals surface area contributed by atoms with Crippen molar-refractivity contribution >= 4 is 33.2 Å². The summed E-state index contributed by atoms with van der Waals surface area (Å²) in [6.45, 7) is 0.496. The molecule has 29 heavy (non-hydrogen) atoms. The molecular formula is C21H23ClN2O4S. The molecule has 0 radical (unpaired) electrons. The van der Waals surface area contributed by atoms with Crippen molar-refractivity contribution in [2.45, 2.75) is 49.0 Å². The minimum absolute atomic E-state index is 0.0138. The minimum Gasteiger partial charge on any atom is -0.490 e. The Bertz CT molecular complexity index is 1020. The van der Waals surface area contributed by atoms with Crippen molar-refractivity contribution < 1.29 is 17.9 Å². The Hall–Kier alpha value is -2.09. The van der Waals surface area contributed by atoms with E-state index in [2.05, 4.69) is 0 Å². The number of hydrogen-bond acceptors (Lipinski definition) is 4. The second kappa shape index (κ2) is 7.97. The fourth-order valence-electron chi connectivity index (χ4n) is 4.11. The Morgan fingerprint density at radius 3 is 2.41 bits per heavy atom. The van der Waals surface area contributed by atoms with Crippen molar-refractivity contribution in [1.82, 2.24) is 0 Å². The average Bonchev–Trinajstić information content (AvgIpc) is 3.31. The van der Waals surface area contributed by atoms with Gasteiger partial charge >= 0.3 is 0 Å². The van der Waals surface area contributed by atoms with E-state index in [1.54, 1.807) is 17.0 Å². The number of benzene rings is 2. The van der Waals surface area contributed by atoms with E-state index in [0.29, 0.717) is 23.7 Å². The lowest BCUT2D eigenvalue weighted by Crippen LogP contribution is -2.24. The van der Waals surface area contributed by atoms with Crippen LogP contribution in [0.4, 0.5) is 5.69 Å². The maximum atomic E-state index is 12.7. The molecule has 2 fully saturated rings. The first-order valence-electron chi connectivity index (χ1n) is 9.70. The van der Waals surface area contributed by atoms with Gasteiger partial charge in [-0.15, -0.1) is 0 Å². The topological polar surface area (TPSA) is 89.7 Å². The highest BCUT2D eigenvalue weighted by Gasteiger charge is 2.34. The summed E-state index contributed by atoms with van der Waals surface area (Å²) in [6, 6.07) is 11.7. The van der Waals surface area contributed by atoms with Gasteiger partial charge in [0.15, 0.2) is 0 Å². The lowest BCUT2D eigenvalue weighted by molar-refractivity contribution is -0.117. The zero-order valence-corrected chi connectivity index (χ0v) is 17.5.